The lowest BCUT2D eigenvalue weighted by Gasteiger charge is -1.96. The van der Waals surface area contributed by atoms with E-state index in [1.807, 2.05) is 35.1 Å². The minimum Gasteiger partial charge on any atom is -0.340 e. The molecule has 0 amide bonds. The number of nitrogens with one attached hydrogen (secondary N) is 1. The fraction of sp³-hybridized carbons (Fsp3) is 0.167. The molecule has 0 aliphatic heterocycles. The highest BCUT2D eigenvalue weighted by molar-refractivity contribution is 5.78. The maximum Gasteiger partial charge on any atom is 0.129 e. The summed E-state index contributed by atoms with van der Waals surface area (Å²) < 4.78 is 1.83. The van der Waals surface area contributed by atoms with Gasteiger partial charge in [0.05, 0.1) is 17.6 Å². The highest BCUT2D eigenvalue weighted by Gasteiger charge is 2.06. The van der Waals surface area contributed by atoms with E-state index >= 15 is 0 Å². The molecule has 3 N–H and O–H groups in total. The van der Waals surface area contributed by atoms with E-state index < -0.39 is 0 Å². The lowest BCUT2D eigenvalue weighted by molar-refractivity contribution is 0.663. The van der Waals surface area contributed by atoms with Gasteiger partial charge in [-0.2, -0.15) is 5.10 Å². The zero-order valence-corrected chi connectivity index (χ0v) is 9.30. The number of hydrogen-bond acceptors (Lipinski definition) is 3. The lowest BCUT2D eigenvalue weighted by atomic mass is 10.2. The molecule has 3 aromatic rings. The van der Waals surface area contributed by atoms with Crippen molar-refractivity contribution in [3.05, 3.63) is 48.0 Å². The fourth-order valence-electron chi connectivity index (χ4n) is 1.93. The summed E-state index contributed by atoms with van der Waals surface area (Å²) in [6, 6.07) is 7.89. The van der Waals surface area contributed by atoms with Crippen LogP contribution in [0.5, 0.6) is 0 Å². The molecule has 0 atom stereocenters. The summed E-state index contributed by atoms with van der Waals surface area (Å²) in [5.74, 6) is 0.893. The van der Waals surface area contributed by atoms with E-state index in [4.69, 9.17) is 5.73 Å². The fourth-order valence-corrected chi connectivity index (χ4v) is 1.93. The van der Waals surface area contributed by atoms with Gasteiger partial charge in [0.2, 0.25) is 0 Å². The Morgan fingerprint density at radius 3 is 3.00 bits per heavy atom. The first kappa shape index (κ1) is 10.0. The van der Waals surface area contributed by atoms with Crippen LogP contribution in [0.25, 0.3) is 11.0 Å². The number of nitrogens with two attached hydrogens (primary N) is 1. The van der Waals surface area contributed by atoms with Crippen LogP contribution in [0.1, 0.15) is 11.4 Å². The first-order valence-corrected chi connectivity index (χ1v) is 5.51. The van der Waals surface area contributed by atoms with E-state index in [0.29, 0.717) is 13.1 Å². The Bertz CT molecular complexity index is 623. The third-order valence-corrected chi connectivity index (χ3v) is 2.74. The summed E-state index contributed by atoms with van der Waals surface area (Å²) in [4.78, 5) is 7.84. The van der Waals surface area contributed by atoms with Crippen molar-refractivity contribution in [3.8, 4) is 0 Å². The minimum atomic E-state index is 0.503. The number of aromatic nitrogens is 4. The monoisotopic (exact) mass is 227 g/mol. The predicted molar refractivity (Wildman–Crippen MR) is 65.3 cm³/mol. The molecule has 0 bridgehead atoms. The number of imidazole rings is 1. The van der Waals surface area contributed by atoms with Gasteiger partial charge in [0.25, 0.3) is 0 Å². The van der Waals surface area contributed by atoms with Gasteiger partial charge in [0.1, 0.15) is 5.82 Å². The summed E-state index contributed by atoms with van der Waals surface area (Å²) >= 11 is 0. The van der Waals surface area contributed by atoms with Crippen LogP contribution in [0.3, 0.4) is 0 Å². The molecule has 2 heterocycles. The Labute approximate surface area is 98.3 Å². The van der Waals surface area contributed by atoms with Crippen LogP contribution >= 0.6 is 0 Å². The van der Waals surface area contributed by atoms with Crippen molar-refractivity contribution in [2.45, 2.75) is 13.1 Å². The number of aromatic amines is 1. The third-order valence-electron chi connectivity index (χ3n) is 2.74. The van der Waals surface area contributed by atoms with E-state index in [-0.39, 0.29) is 0 Å². The van der Waals surface area contributed by atoms with Crippen molar-refractivity contribution in [3.63, 3.8) is 0 Å². The number of benzene rings is 1. The smallest absolute Gasteiger partial charge is 0.129 e. The van der Waals surface area contributed by atoms with Gasteiger partial charge in [-0.3, -0.25) is 4.68 Å². The first-order valence-electron chi connectivity index (χ1n) is 5.51. The molecule has 5 nitrogen and oxygen atoms in total. The lowest BCUT2D eigenvalue weighted by Crippen LogP contribution is -2.01. The summed E-state index contributed by atoms with van der Waals surface area (Å²) in [5, 5.41) is 4.16. The van der Waals surface area contributed by atoms with E-state index in [1.54, 1.807) is 6.20 Å². The second-order valence-corrected chi connectivity index (χ2v) is 3.90. The van der Waals surface area contributed by atoms with Crippen LogP contribution < -0.4 is 5.73 Å². The molecule has 0 aliphatic carbocycles. The van der Waals surface area contributed by atoms with Crippen LogP contribution in [0.2, 0.25) is 0 Å². The van der Waals surface area contributed by atoms with E-state index in [9.17, 15) is 0 Å². The average Bonchev–Trinajstić information content (AvgIpc) is 2.97. The molecule has 0 spiro atoms. The zero-order valence-electron chi connectivity index (χ0n) is 9.30. The molecule has 1 aromatic carbocycles. The number of rotatable bonds is 3. The highest BCUT2D eigenvalue weighted by atomic mass is 15.3. The normalized spacial score (nSPS) is 11.1. The molecule has 0 unspecified atom stereocenters. The molecule has 17 heavy (non-hydrogen) atoms. The number of H-pyrrole nitrogens is 1. The summed E-state index contributed by atoms with van der Waals surface area (Å²) in [6.45, 7) is 1.15. The maximum atomic E-state index is 5.69. The predicted octanol–water partition coefficient (Wildman–Crippen LogP) is 1.27. The average molecular weight is 227 g/mol. The zero-order chi connectivity index (χ0) is 11.7. The highest BCUT2D eigenvalue weighted by Crippen LogP contribution is 2.16. The summed E-state index contributed by atoms with van der Waals surface area (Å²) in [7, 11) is 0. The van der Waals surface area contributed by atoms with E-state index in [1.165, 1.54) is 0 Å². The summed E-state index contributed by atoms with van der Waals surface area (Å²) in [5.41, 5.74) is 8.73. The Morgan fingerprint density at radius 2 is 2.24 bits per heavy atom. The minimum absolute atomic E-state index is 0.503. The standard InChI is InChI=1S/C12H13N5/c13-7-9-3-1-4-10-12(9)16-11(15-10)8-17-6-2-5-14-17/h1-6H,7-8,13H2,(H,15,16). The van der Waals surface area contributed by atoms with Gasteiger partial charge in [-0.05, 0) is 17.7 Å². The molecular weight excluding hydrogens is 214 g/mol. The Morgan fingerprint density at radius 1 is 1.29 bits per heavy atom. The number of hydrogen-bond donors (Lipinski definition) is 2. The first-order chi connectivity index (χ1) is 8.36. The summed E-state index contributed by atoms with van der Waals surface area (Å²) in [6.07, 6.45) is 3.67. The van der Waals surface area contributed by atoms with Crippen molar-refractivity contribution >= 4 is 11.0 Å². The molecule has 5 heteroatoms. The van der Waals surface area contributed by atoms with Crippen molar-refractivity contribution < 1.29 is 0 Å². The van der Waals surface area contributed by atoms with Gasteiger partial charge in [0.15, 0.2) is 0 Å². The van der Waals surface area contributed by atoms with Crippen LogP contribution in [0.15, 0.2) is 36.7 Å². The van der Waals surface area contributed by atoms with E-state index in [0.717, 1.165) is 22.4 Å². The molecule has 0 aliphatic rings. The Balaban J connectivity index is 2.02. The van der Waals surface area contributed by atoms with Crippen molar-refractivity contribution in [2.24, 2.45) is 5.73 Å². The molecule has 2 aromatic heterocycles. The third kappa shape index (κ3) is 1.81. The molecule has 0 saturated carbocycles. The second kappa shape index (κ2) is 4.03. The van der Waals surface area contributed by atoms with Crippen molar-refractivity contribution in [1.82, 2.24) is 19.7 Å². The van der Waals surface area contributed by atoms with Crippen LogP contribution in [-0.2, 0) is 13.1 Å². The van der Waals surface area contributed by atoms with Crippen LogP contribution in [-0.4, -0.2) is 19.7 Å². The molecule has 0 fully saturated rings. The molecular formula is C12H13N5. The SMILES string of the molecule is NCc1cccc2[nH]c(Cn3cccn3)nc12. The van der Waals surface area contributed by atoms with Crippen LogP contribution in [0.4, 0.5) is 0 Å². The van der Waals surface area contributed by atoms with Crippen LogP contribution in [0, 0.1) is 0 Å². The van der Waals surface area contributed by atoms with Gasteiger partial charge in [0, 0.05) is 18.9 Å². The molecule has 3 rings (SSSR count). The molecule has 86 valence electrons. The largest absolute Gasteiger partial charge is 0.340 e. The van der Waals surface area contributed by atoms with Gasteiger partial charge in [-0.25, -0.2) is 4.98 Å². The van der Waals surface area contributed by atoms with Gasteiger partial charge in [-0.1, -0.05) is 12.1 Å². The van der Waals surface area contributed by atoms with E-state index in [2.05, 4.69) is 15.1 Å². The van der Waals surface area contributed by atoms with Gasteiger partial charge < -0.3 is 10.7 Å². The van der Waals surface area contributed by atoms with Crippen molar-refractivity contribution in [1.29, 1.82) is 0 Å². The number of fused-ring (bicyclic) bond motifs is 1. The molecule has 0 radical (unpaired) electrons. The Kier molecular flexibility index (Phi) is 2.38. The van der Waals surface area contributed by atoms with Crippen molar-refractivity contribution in [2.75, 3.05) is 0 Å². The second-order valence-electron chi connectivity index (χ2n) is 3.90. The molecule has 0 saturated heterocycles. The number of para-hydroxylation sites is 1. The Hall–Kier alpha value is -2.14. The topological polar surface area (TPSA) is 72.5 Å². The van der Waals surface area contributed by atoms with Gasteiger partial charge in [-0.15, -0.1) is 0 Å². The van der Waals surface area contributed by atoms with Gasteiger partial charge >= 0.3 is 0 Å². The quantitative estimate of drug-likeness (QED) is 0.707. The maximum absolute atomic E-state index is 5.69. The number of nitrogens with zero attached hydrogens (tertiary/aromatic N) is 3.